The third-order valence-corrected chi connectivity index (χ3v) is 4.95. The van der Waals surface area contributed by atoms with Gasteiger partial charge >= 0.3 is 0 Å². The zero-order valence-corrected chi connectivity index (χ0v) is 13.8. The second kappa shape index (κ2) is 8.13. The van der Waals surface area contributed by atoms with Gasteiger partial charge in [0.15, 0.2) is 5.96 Å². The van der Waals surface area contributed by atoms with Gasteiger partial charge in [-0.1, -0.05) is 6.42 Å². The van der Waals surface area contributed by atoms with Crippen LogP contribution in [0.5, 0.6) is 0 Å². The third-order valence-electron chi connectivity index (χ3n) is 4.95. The van der Waals surface area contributed by atoms with Crippen molar-refractivity contribution in [3.05, 3.63) is 0 Å². The Morgan fingerprint density at radius 3 is 2.77 bits per heavy atom. The highest BCUT2D eigenvalue weighted by Crippen LogP contribution is 2.20. The Morgan fingerprint density at radius 1 is 1.18 bits per heavy atom. The quantitative estimate of drug-likeness (QED) is 0.609. The first-order valence-electron chi connectivity index (χ1n) is 8.76. The van der Waals surface area contributed by atoms with Gasteiger partial charge in [-0.05, 0) is 32.4 Å². The Balaban J connectivity index is 1.45. The number of likely N-dealkylation sites (tertiary alicyclic amines) is 2. The third kappa shape index (κ3) is 4.12. The highest BCUT2D eigenvalue weighted by molar-refractivity contribution is 5.80. The van der Waals surface area contributed by atoms with Crippen molar-refractivity contribution in [1.82, 2.24) is 15.1 Å². The lowest BCUT2D eigenvalue weighted by molar-refractivity contribution is -0.0851. The molecule has 3 heterocycles. The maximum Gasteiger partial charge on any atom is 0.193 e. The molecular formula is C16H30N4O2. The maximum atomic E-state index is 5.68. The van der Waals surface area contributed by atoms with Crippen molar-refractivity contribution in [2.24, 2.45) is 4.99 Å². The molecule has 22 heavy (non-hydrogen) atoms. The van der Waals surface area contributed by atoms with Gasteiger partial charge in [-0.3, -0.25) is 9.89 Å². The zero-order valence-electron chi connectivity index (χ0n) is 13.8. The Kier molecular flexibility index (Phi) is 5.92. The van der Waals surface area contributed by atoms with Crippen LogP contribution in [0.2, 0.25) is 0 Å². The zero-order chi connectivity index (χ0) is 15.2. The topological polar surface area (TPSA) is 49.3 Å². The van der Waals surface area contributed by atoms with Crippen LogP contribution >= 0.6 is 0 Å². The molecule has 0 bridgehead atoms. The number of ether oxygens (including phenoxy) is 2. The van der Waals surface area contributed by atoms with Crippen LogP contribution in [0, 0.1) is 0 Å². The first kappa shape index (κ1) is 16.0. The molecule has 1 N–H and O–H groups in total. The van der Waals surface area contributed by atoms with Gasteiger partial charge in [0.2, 0.25) is 0 Å². The van der Waals surface area contributed by atoms with Crippen molar-refractivity contribution in [2.75, 3.05) is 59.6 Å². The number of aliphatic imine (C=N–C) groups is 1. The van der Waals surface area contributed by atoms with E-state index in [1.165, 1.54) is 38.8 Å². The fourth-order valence-electron chi connectivity index (χ4n) is 3.71. The Morgan fingerprint density at radius 2 is 2.05 bits per heavy atom. The lowest BCUT2D eigenvalue weighted by Crippen LogP contribution is -2.47. The fourth-order valence-corrected chi connectivity index (χ4v) is 3.71. The molecule has 0 radical (unpaired) electrons. The Bertz CT molecular complexity index is 365. The van der Waals surface area contributed by atoms with Gasteiger partial charge in [0.25, 0.3) is 0 Å². The van der Waals surface area contributed by atoms with Crippen LogP contribution in [0.1, 0.15) is 25.7 Å². The molecule has 3 aliphatic heterocycles. The van der Waals surface area contributed by atoms with E-state index in [-0.39, 0.29) is 6.10 Å². The van der Waals surface area contributed by atoms with Gasteiger partial charge in [0.1, 0.15) is 0 Å². The molecule has 6 heteroatoms. The number of guanidine groups is 1. The molecular weight excluding hydrogens is 280 g/mol. The molecule has 0 aliphatic carbocycles. The summed E-state index contributed by atoms with van der Waals surface area (Å²) in [5, 5.41) is 3.46. The summed E-state index contributed by atoms with van der Waals surface area (Å²) in [6.45, 7) is 7.62. The van der Waals surface area contributed by atoms with E-state index in [1.54, 1.807) is 0 Å². The van der Waals surface area contributed by atoms with E-state index in [9.17, 15) is 0 Å². The minimum absolute atomic E-state index is 0.144. The molecule has 0 aromatic carbocycles. The summed E-state index contributed by atoms with van der Waals surface area (Å²) in [5.41, 5.74) is 0. The van der Waals surface area contributed by atoms with Gasteiger partial charge in [0.05, 0.1) is 25.9 Å². The lowest BCUT2D eigenvalue weighted by atomic mass is 10.1. The SMILES string of the molecule is CN=C(NCC1COCCO1)N1CCC(N2CCCCC2)C1. The Hall–Kier alpha value is -0.850. The highest BCUT2D eigenvalue weighted by atomic mass is 16.6. The summed E-state index contributed by atoms with van der Waals surface area (Å²) in [5.74, 6) is 1.01. The van der Waals surface area contributed by atoms with E-state index in [0.29, 0.717) is 19.3 Å². The molecule has 0 aromatic heterocycles. The van der Waals surface area contributed by atoms with Crippen molar-refractivity contribution in [2.45, 2.75) is 37.8 Å². The largest absolute Gasteiger partial charge is 0.376 e. The molecule has 0 spiro atoms. The second-order valence-electron chi connectivity index (χ2n) is 6.48. The lowest BCUT2D eigenvalue weighted by Gasteiger charge is -2.32. The molecule has 3 rings (SSSR count). The fraction of sp³-hybridized carbons (Fsp3) is 0.938. The van der Waals surface area contributed by atoms with E-state index in [2.05, 4.69) is 20.1 Å². The second-order valence-corrected chi connectivity index (χ2v) is 6.48. The van der Waals surface area contributed by atoms with E-state index < -0.39 is 0 Å². The monoisotopic (exact) mass is 310 g/mol. The molecule has 0 aromatic rings. The molecule has 2 unspecified atom stereocenters. The van der Waals surface area contributed by atoms with Crippen LogP contribution in [0.15, 0.2) is 4.99 Å². The molecule has 3 aliphatic rings. The van der Waals surface area contributed by atoms with Crippen LogP contribution in [0.4, 0.5) is 0 Å². The van der Waals surface area contributed by atoms with Crippen molar-refractivity contribution >= 4 is 5.96 Å². The predicted octanol–water partition coefficient (Wildman–Crippen LogP) is 0.537. The van der Waals surface area contributed by atoms with Gasteiger partial charge < -0.3 is 19.7 Å². The molecule has 0 saturated carbocycles. The number of rotatable bonds is 3. The van der Waals surface area contributed by atoms with Crippen molar-refractivity contribution in [3.8, 4) is 0 Å². The number of nitrogens with zero attached hydrogens (tertiary/aromatic N) is 3. The minimum atomic E-state index is 0.144. The number of piperidine rings is 1. The summed E-state index contributed by atoms with van der Waals surface area (Å²) in [6, 6.07) is 0.702. The summed E-state index contributed by atoms with van der Waals surface area (Å²) >= 11 is 0. The van der Waals surface area contributed by atoms with Crippen LogP contribution in [0.3, 0.4) is 0 Å². The number of hydrogen-bond donors (Lipinski definition) is 1. The first-order valence-corrected chi connectivity index (χ1v) is 8.76. The number of hydrogen-bond acceptors (Lipinski definition) is 4. The highest BCUT2D eigenvalue weighted by Gasteiger charge is 2.30. The van der Waals surface area contributed by atoms with Gasteiger partial charge in [-0.2, -0.15) is 0 Å². The van der Waals surface area contributed by atoms with Gasteiger partial charge in [0, 0.05) is 32.7 Å². The molecule has 3 fully saturated rings. The normalized spacial score (nSPS) is 31.5. The number of nitrogens with one attached hydrogen (secondary N) is 1. The smallest absolute Gasteiger partial charge is 0.193 e. The van der Waals surface area contributed by atoms with Crippen molar-refractivity contribution in [1.29, 1.82) is 0 Å². The first-order chi connectivity index (χ1) is 10.9. The summed E-state index contributed by atoms with van der Waals surface area (Å²) in [4.78, 5) is 9.52. The van der Waals surface area contributed by atoms with Crippen LogP contribution < -0.4 is 5.32 Å². The van der Waals surface area contributed by atoms with Crippen LogP contribution in [0.25, 0.3) is 0 Å². The van der Waals surface area contributed by atoms with Gasteiger partial charge in [-0.25, -0.2) is 0 Å². The average molecular weight is 310 g/mol. The minimum Gasteiger partial charge on any atom is -0.376 e. The molecule has 126 valence electrons. The van der Waals surface area contributed by atoms with Crippen LogP contribution in [-0.2, 0) is 9.47 Å². The van der Waals surface area contributed by atoms with E-state index in [0.717, 1.165) is 32.2 Å². The molecule has 0 amide bonds. The average Bonchev–Trinajstić information content (AvgIpc) is 3.07. The van der Waals surface area contributed by atoms with Gasteiger partial charge in [-0.15, -0.1) is 0 Å². The van der Waals surface area contributed by atoms with Crippen molar-refractivity contribution in [3.63, 3.8) is 0 Å². The van der Waals surface area contributed by atoms with Crippen molar-refractivity contribution < 1.29 is 9.47 Å². The van der Waals surface area contributed by atoms with E-state index >= 15 is 0 Å². The summed E-state index contributed by atoms with van der Waals surface area (Å²) < 4.78 is 11.1. The molecule has 2 atom stereocenters. The molecule has 6 nitrogen and oxygen atoms in total. The van der Waals surface area contributed by atoms with E-state index in [4.69, 9.17) is 9.47 Å². The summed E-state index contributed by atoms with van der Waals surface area (Å²) in [6.07, 6.45) is 5.53. The standard InChI is InChI=1S/C16H30N4O2/c1-17-16(18-11-15-13-21-9-10-22-15)20-8-5-14(12-20)19-6-3-2-4-7-19/h14-15H,2-13H2,1H3,(H,17,18). The Labute approximate surface area is 133 Å². The van der Waals surface area contributed by atoms with E-state index in [1.807, 2.05) is 7.05 Å². The van der Waals surface area contributed by atoms with Crippen LogP contribution in [-0.4, -0.2) is 87.5 Å². The maximum absolute atomic E-state index is 5.68. The predicted molar refractivity (Wildman–Crippen MR) is 87.3 cm³/mol. The molecule has 3 saturated heterocycles. The summed E-state index contributed by atoms with van der Waals surface area (Å²) in [7, 11) is 1.87.